The van der Waals surface area contributed by atoms with Crippen LogP contribution in [0.25, 0.3) is 0 Å². The van der Waals surface area contributed by atoms with E-state index in [1.54, 1.807) is 0 Å². The fraction of sp³-hybridized carbons (Fsp3) is 0.333. The lowest BCUT2D eigenvalue weighted by Gasteiger charge is -2.03. The van der Waals surface area contributed by atoms with Gasteiger partial charge in [0.2, 0.25) is 0 Å². The number of hydrogen-bond acceptors (Lipinski definition) is 1. The first-order valence-corrected chi connectivity index (χ1v) is 5.62. The molecule has 0 aliphatic carbocycles. The van der Waals surface area contributed by atoms with E-state index in [0.717, 1.165) is 13.0 Å². The zero-order valence-corrected chi connectivity index (χ0v) is 9.96. The molecule has 0 saturated carbocycles. The van der Waals surface area contributed by atoms with Crippen molar-refractivity contribution >= 4 is 15.9 Å². The molecule has 0 heterocycles. The van der Waals surface area contributed by atoms with Crippen molar-refractivity contribution in [2.24, 2.45) is 0 Å². The second-order valence-corrected chi connectivity index (χ2v) is 3.70. The number of ether oxygens (including phenoxy) is 1. The Labute approximate surface area is 93.9 Å². The summed E-state index contributed by atoms with van der Waals surface area (Å²) in [5.41, 5.74) is 2.53. The molecule has 0 atom stereocenters. The van der Waals surface area contributed by atoms with Gasteiger partial charge in [-0.05, 0) is 23.9 Å². The van der Waals surface area contributed by atoms with E-state index in [4.69, 9.17) is 4.74 Å². The third kappa shape index (κ3) is 4.58. The molecule has 1 rings (SSSR count). The lowest BCUT2D eigenvalue weighted by atomic mass is 10.2. The lowest BCUT2D eigenvalue weighted by Crippen LogP contribution is -1.95. The first kappa shape index (κ1) is 11.5. The predicted octanol–water partition coefficient (Wildman–Crippen LogP) is 3.89. The van der Waals surface area contributed by atoms with Crippen molar-refractivity contribution in [2.75, 3.05) is 6.61 Å². The van der Waals surface area contributed by atoms with Crippen molar-refractivity contribution in [3.8, 4) is 0 Å². The number of halogens is 1. The summed E-state index contributed by atoms with van der Waals surface area (Å²) in [5, 5.41) is 0. The third-order valence-electron chi connectivity index (χ3n) is 1.94. The number of rotatable bonds is 5. The van der Waals surface area contributed by atoms with E-state index in [-0.39, 0.29) is 0 Å². The lowest BCUT2D eigenvalue weighted by molar-refractivity contribution is 0.124. The van der Waals surface area contributed by atoms with Gasteiger partial charge in [0.15, 0.2) is 0 Å². The first-order valence-electron chi connectivity index (χ1n) is 4.70. The van der Waals surface area contributed by atoms with Crippen LogP contribution in [0.2, 0.25) is 0 Å². The van der Waals surface area contributed by atoms with Crippen LogP contribution in [-0.2, 0) is 11.3 Å². The van der Waals surface area contributed by atoms with Gasteiger partial charge in [0.1, 0.15) is 0 Å². The average molecular weight is 255 g/mol. The quantitative estimate of drug-likeness (QED) is 0.725. The summed E-state index contributed by atoms with van der Waals surface area (Å²) in [6.45, 7) is 3.57. The van der Waals surface area contributed by atoms with Crippen LogP contribution in [-0.4, -0.2) is 6.61 Å². The van der Waals surface area contributed by atoms with Gasteiger partial charge in [0.05, 0.1) is 13.2 Å². The minimum atomic E-state index is 0.705. The van der Waals surface area contributed by atoms with E-state index in [2.05, 4.69) is 35.0 Å². The van der Waals surface area contributed by atoms with Gasteiger partial charge in [-0.3, -0.25) is 0 Å². The van der Waals surface area contributed by atoms with Crippen LogP contribution in [0.15, 0.2) is 40.9 Å². The molecule has 0 radical (unpaired) electrons. The molecule has 1 nitrogen and oxygen atoms in total. The van der Waals surface area contributed by atoms with Crippen LogP contribution in [0.4, 0.5) is 0 Å². The molecule has 0 saturated heterocycles. The van der Waals surface area contributed by atoms with Gasteiger partial charge in [-0.15, -0.1) is 0 Å². The maximum absolute atomic E-state index is 5.53. The van der Waals surface area contributed by atoms with E-state index in [9.17, 15) is 0 Å². The Balaban J connectivity index is 2.17. The first-order chi connectivity index (χ1) is 6.83. The molecule has 0 spiro atoms. The molecule has 0 amide bonds. The smallest absolute Gasteiger partial charge is 0.0717 e. The molecule has 0 aliphatic rings. The largest absolute Gasteiger partial charge is 0.376 e. The van der Waals surface area contributed by atoms with Crippen molar-refractivity contribution in [3.63, 3.8) is 0 Å². The molecule has 14 heavy (non-hydrogen) atoms. The van der Waals surface area contributed by atoms with Gasteiger partial charge in [-0.1, -0.05) is 51.8 Å². The highest BCUT2D eigenvalue weighted by Crippen LogP contribution is 2.05. The summed E-state index contributed by atoms with van der Waals surface area (Å²) in [7, 11) is 0. The monoisotopic (exact) mass is 254 g/mol. The fourth-order valence-corrected chi connectivity index (χ4v) is 1.28. The molecule has 0 unspecified atom stereocenters. The van der Waals surface area contributed by atoms with Gasteiger partial charge in [0, 0.05) is 0 Å². The summed E-state index contributed by atoms with van der Waals surface area (Å²) < 4.78 is 5.53. The molecule has 76 valence electrons. The Kier molecular flexibility index (Phi) is 5.57. The van der Waals surface area contributed by atoms with Crippen LogP contribution < -0.4 is 0 Å². The van der Waals surface area contributed by atoms with E-state index in [1.165, 1.54) is 11.1 Å². The molecule has 0 aliphatic heterocycles. The molecule has 0 fully saturated rings. The number of benzene rings is 1. The van der Waals surface area contributed by atoms with Gasteiger partial charge < -0.3 is 4.74 Å². The molecular formula is C12H15BrO. The second kappa shape index (κ2) is 6.80. The van der Waals surface area contributed by atoms with Gasteiger partial charge in [-0.2, -0.15) is 0 Å². The van der Waals surface area contributed by atoms with Gasteiger partial charge in [0.25, 0.3) is 0 Å². The van der Waals surface area contributed by atoms with Crippen molar-refractivity contribution < 1.29 is 4.74 Å². The maximum atomic E-state index is 5.53. The minimum absolute atomic E-state index is 0.705. The molecule has 0 aromatic heterocycles. The molecule has 1 aromatic rings. The Bertz CT molecular complexity index is 280. The number of hydrogen-bond donors (Lipinski definition) is 0. The average Bonchev–Trinajstić information content (AvgIpc) is 2.25. The zero-order valence-electron chi connectivity index (χ0n) is 8.37. The highest BCUT2D eigenvalue weighted by Gasteiger charge is 1.92. The SMILES string of the molecule is C/C(=C\Br)CCOCc1ccccc1. The summed E-state index contributed by atoms with van der Waals surface area (Å²) >= 11 is 3.29. The second-order valence-electron chi connectivity index (χ2n) is 3.24. The van der Waals surface area contributed by atoms with E-state index in [0.29, 0.717) is 6.61 Å². The van der Waals surface area contributed by atoms with Gasteiger partial charge >= 0.3 is 0 Å². The standard InChI is InChI=1S/C12H15BrO/c1-11(9-13)7-8-14-10-12-5-3-2-4-6-12/h2-6,9H,7-8,10H2,1H3/b11-9+. The van der Waals surface area contributed by atoms with Gasteiger partial charge in [-0.25, -0.2) is 0 Å². The maximum Gasteiger partial charge on any atom is 0.0717 e. The van der Waals surface area contributed by atoms with Crippen LogP contribution in [0.3, 0.4) is 0 Å². The molecule has 0 N–H and O–H groups in total. The highest BCUT2D eigenvalue weighted by atomic mass is 79.9. The van der Waals surface area contributed by atoms with Crippen LogP contribution in [0.5, 0.6) is 0 Å². The summed E-state index contributed by atoms with van der Waals surface area (Å²) in [4.78, 5) is 1.94. The van der Waals surface area contributed by atoms with Crippen LogP contribution in [0.1, 0.15) is 18.9 Å². The topological polar surface area (TPSA) is 9.23 Å². The van der Waals surface area contributed by atoms with Crippen molar-refractivity contribution in [2.45, 2.75) is 20.0 Å². The molecule has 2 heteroatoms. The Hall–Kier alpha value is -0.600. The summed E-state index contributed by atoms with van der Waals surface area (Å²) in [6.07, 6.45) is 0.984. The summed E-state index contributed by atoms with van der Waals surface area (Å²) in [5.74, 6) is 0. The minimum Gasteiger partial charge on any atom is -0.376 e. The van der Waals surface area contributed by atoms with E-state index in [1.807, 2.05) is 23.2 Å². The normalized spacial score (nSPS) is 11.7. The van der Waals surface area contributed by atoms with Crippen LogP contribution >= 0.6 is 15.9 Å². The van der Waals surface area contributed by atoms with Crippen LogP contribution in [0, 0.1) is 0 Å². The van der Waals surface area contributed by atoms with E-state index < -0.39 is 0 Å². The molecular weight excluding hydrogens is 240 g/mol. The molecule has 0 bridgehead atoms. The predicted molar refractivity (Wildman–Crippen MR) is 63.4 cm³/mol. The van der Waals surface area contributed by atoms with Crippen molar-refractivity contribution in [3.05, 3.63) is 46.5 Å². The Morgan fingerprint density at radius 2 is 2.07 bits per heavy atom. The zero-order chi connectivity index (χ0) is 10.2. The van der Waals surface area contributed by atoms with Crippen molar-refractivity contribution in [1.29, 1.82) is 0 Å². The fourth-order valence-electron chi connectivity index (χ4n) is 1.05. The van der Waals surface area contributed by atoms with Crippen molar-refractivity contribution in [1.82, 2.24) is 0 Å². The Morgan fingerprint density at radius 3 is 2.71 bits per heavy atom. The summed E-state index contributed by atoms with van der Waals surface area (Å²) in [6, 6.07) is 10.2. The van der Waals surface area contributed by atoms with E-state index >= 15 is 0 Å². The molecule has 1 aromatic carbocycles. The Morgan fingerprint density at radius 1 is 1.36 bits per heavy atom. The highest BCUT2D eigenvalue weighted by molar-refractivity contribution is 9.11. The third-order valence-corrected chi connectivity index (χ3v) is 2.72.